The van der Waals surface area contributed by atoms with Gasteiger partial charge in [-0.3, -0.25) is 9.69 Å². The number of ketones is 1. The van der Waals surface area contributed by atoms with Crippen LogP contribution in [0.2, 0.25) is 0 Å². The maximum atomic E-state index is 12.1. The van der Waals surface area contributed by atoms with Gasteiger partial charge in [0.05, 0.1) is 32.4 Å². The average molecular weight is 253 g/mol. The van der Waals surface area contributed by atoms with Gasteiger partial charge < -0.3 is 14.9 Å². The lowest BCUT2D eigenvalue weighted by Gasteiger charge is -2.19. The summed E-state index contributed by atoms with van der Waals surface area (Å²) in [5.74, 6) is 0.449. The third kappa shape index (κ3) is 4.10. The molecule has 100 valence electrons. The van der Waals surface area contributed by atoms with Gasteiger partial charge in [-0.2, -0.15) is 0 Å². The van der Waals surface area contributed by atoms with Crippen molar-refractivity contribution in [1.29, 1.82) is 0 Å². The summed E-state index contributed by atoms with van der Waals surface area (Å²) < 4.78 is 5.13. The molecule has 18 heavy (non-hydrogen) atoms. The summed E-state index contributed by atoms with van der Waals surface area (Å²) in [5.41, 5.74) is 0.515. The fraction of sp³-hybridized carbons (Fsp3) is 0.462. The maximum absolute atomic E-state index is 12.1. The summed E-state index contributed by atoms with van der Waals surface area (Å²) in [5, 5.41) is 17.8. The normalized spacial score (nSPS) is 10.7. The highest BCUT2D eigenvalue weighted by atomic mass is 16.5. The molecule has 0 aliphatic heterocycles. The number of benzene rings is 1. The maximum Gasteiger partial charge on any atom is 0.180 e. The van der Waals surface area contributed by atoms with E-state index in [1.54, 1.807) is 29.2 Å². The molecule has 0 radical (unpaired) electrons. The van der Waals surface area contributed by atoms with Crippen LogP contribution in [0.3, 0.4) is 0 Å². The minimum Gasteiger partial charge on any atom is -0.496 e. The second-order valence-electron chi connectivity index (χ2n) is 3.85. The Morgan fingerprint density at radius 1 is 1.22 bits per heavy atom. The monoisotopic (exact) mass is 253 g/mol. The number of methoxy groups -OCH3 is 1. The lowest BCUT2D eigenvalue weighted by atomic mass is 10.1. The molecule has 2 N–H and O–H groups in total. The van der Waals surface area contributed by atoms with Crippen molar-refractivity contribution in [3.8, 4) is 5.75 Å². The second-order valence-corrected chi connectivity index (χ2v) is 3.85. The van der Waals surface area contributed by atoms with Crippen LogP contribution in [0, 0.1) is 0 Å². The quantitative estimate of drug-likeness (QED) is 0.646. The summed E-state index contributed by atoms with van der Waals surface area (Å²) in [7, 11) is 1.52. The number of ether oxygens (including phenoxy) is 1. The molecule has 0 spiro atoms. The molecule has 0 heterocycles. The molecule has 0 saturated heterocycles. The Labute approximate surface area is 107 Å². The third-order valence-electron chi connectivity index (χ3n) is 2.61. The standard InChI is InChI=1S/C13H19NO4/c1-18-13-5-3-2-4-11(13)12(17)10-14(6-8-15)7-9-16/h2-5,15-16H,6-10H2,1H3. The Morgan fingerprint density at radius 2 is 1.83 bits per heavy atom. The van der Waals surface area contributed by atoms with E-state index in [2.05, 4.69) is 0 Å². The molecule has 0 aliphatic rings. The molecule has 5 heteroatoms. The first kappa shape index (κ1) is 14.6. The number of carbonyl (C=O) groups excluding carboxylic acids is 1. The van der Waals surface area contributed by atoms with E-state index in [1.807, 2.05) is 0 Å². The van der Waals surface area contributed by atoms with E-state index >= 15 is 0 Å². The van der Waals surface area contributed by atoms with Gasteiger partial charge in [0.15, 0.2) is 5.78 Å². The van der Waals surface area contributed by atoms with Crippen molar-refractivity contribution in [2.24, 2.45) is 0 Å². The SMILES string of the molecule is COc1ccccc1C(=O)CN(CCO)CCO. The lowest BCUT2D eigenvalue weighted by molar-refractivity contribution is 0.0891. The highest BCUT2D eigenvalue weighted by Crippen LogP contribution is 2.18. The highest BCUT2D eigenvalue weighted by Gasteiger charge is 2.15. The van der Waals surface area contributed by atoms with Gasteiger partial charge in [0.1, 0.15) is 5.75 Å². The number of Topliss-reactive ketones (excluding diaryl/α,β-unsaturated/α-hetero) is 1. The van der Waals surface area contributed by atoms with Crippen molar-refractivity contribution >= 4 is 5.78 Å². The molecule has 0 aliphatic carbocycles. The number of aliphatic hydroxyl groups is 2. The smallest absolute Gasteiger partial charge is 0.180 e. The molecule has 5 nitrogen and oxygen atoms in total. The number of carbonyl (C=O) groups is 1. The fourth-order valence-electron chi connectivity index (χ4n) is 1.72. The fourth-order valence-corrected chi connectivity index (χ4v) is 1.72. The zero-order valence-electron chi connectivity index (χ0n) is 10.5. The first-order chi connectivity index (χ1) is 8.72. The number of hydrogen-bond donors (Lipinski definition) is 2. The van der Waals surface area contributed by atoms with Crippen molar-refractivity contribution in [3.63, 3.8) is 0 Å². The van der Waals surface area contributed by atoms with Crippen LogP contribution in [-0.4, -0.2) is 60.9 Å². The lowest BCUT2D eigenvalue weighted by Crippen LogP contribution is -2.34. The molecular formula is C13H19NO4. The predicted molar refractivity (Wildman–Crippen MR) is 67.9 cm³/mol. The first-order valence-corrected chi connectivity index (χ1v) is 5.83. The average Bonchev–Trinajstić information content (AvgIpc) is 2.39. The van der Waals surface area contributed by atoms with Crippen LogP contribution in [0.5, 0.6) is 5.75 Å². The van der Waals surface area contributed by atoms with Crippen LogP contribution in [0.1, 0.15) is 10.4 Å². The second kappa shape index (κ2) is 7.81. The topological polar surface area (TPSA) is 70.0 Å². The van der Waals surface area contributed by atoms with E-state index in [-0.39, 0.29) is 25.5 Å². The van der Waals surface area contributed by atoms with E-state index in [0.29, 0.717) is 24.4 Å². The van der Waals surface area contributed by atoms with Gasteiger partial charge in [0, 0.05) is 13.1 Å². The zero-order chi connectivity index (χ0) is 13.4. The van der Waals surface area contributed by atoms with Crippen molar-refractivity contribution in [2.75, 3.05) is 40.0 Å². The van der Waals surface area contributed by atoms with Crippen LogP contribution in [0.25, 0.3) is 0 Å². The van der Waals surface area contributed by atoms with Gasteiger partial charge in [-0.1, -0.05) is 12.1 Å². The van der Waals surface area contributed by atoms with Crippen molar-refractivity contribution in [2.45, 2.75) is 0 Å². The number of para-hydroxylation sites is 1. The molecule has 0 aromatic heterocycles. The molecule has 0 bridgehead atoms. The van der Waals surface area contributed by atoms with Gasteiger partial charge in [-0.05, 0) is 12.1 Å². The van der Waals surface area contributed by atoms with E-state index in [1.165, 1.54) is 7.11 Å². The predicted octanol–water partition coefficient (Wildman–Crippen LogP) is 0.164. The van der Waals surface area contributed by atoms with Crippen LogP contribution < -0.4 is 4.74 Å². The number of hydrogen-bond acceptors (Lipinski definition) is 5. The Bertz CT molecular complexity index is 375. The Kier molecular flexibility index (Phi) is 6.35. The van der Waals surface area contributed by atoms with Crippen LogP contribution in [0.15, 0.2) is 24.3 Å². The molecular weight excluding hydrogens is 234 g/mol. The summed E-state index contributed by atoms with van der Waals surface area (Å²) >= 11 is 0. The number of rotatable bonds is 8. The molecule has 1 rings (SSSR count). The van der Waals surface area contributed by atoms with Gasteiger partial charge in [0.2, 0.25) is 0 Å². The van der Waals surface area contributed by atoms with Gasteiger partial charge >= 0.3 is 0 Å². The Balaban J connectivity index is 2.73. The highest BCUT2D eigenvalue weighted by molar-refractivity contribution is 6.00. The summed E-state index contributed by atoms with van der Waals surface area (Å²) in [6.45, 7) is 0.794. The van der Waals surface area contributed by atoms with Crippen molar-refractivity contribution in [1.82, 2.24) is 4.90 Å². The molecule has 1 aromatic carbocycles. The van der Waals surface area contributed by atoms with Crippen LogP contribution in [0.4, 0.5) is 0 Å². The summed E-state index contributed by atoms with van der Waals surface area (Å²) in [4.78, 5) is 13.8. The third-order valence-corrected chi connectivity index (χ3v) is 2.61. The molecule has 0 saturated carbocycles. The minimum absolute atomic E-state index is 0.0425. The van der Waals surface area contributed by atoms with E-state index in [0.717, 1.165) is 0 Å². The van der Waals surface area contributed by atoms with E-state index < -0.39 is 0 Å². The van der Waals surface area contributed by atoms with E-state index in [9.17, 15) is 4.79 Å². The molecule has 0 amide bonds. The largest absolute Gasteiger partial charge is 0.496 e. The molecule has 0 fully saturated rings. The Morgan fingerprint density at radius 3 is 2.39 bits per heavy atom. The number of aliphatic hydroxyl groups excluding tert-OH is 2. The Hall–Kier alpha value is -1.43. The summed E-state index contributed by atoms with van der Waals surface area (Å²) in [6, 6.07) is 7.01. The van der Waals surface area contributed by atoms with Crippen LogP contribution >= 0.6 is 0 Å². The molecule has 1 aromatic rings. The molecule has 0 atom stereocenters. The molecule has 0 unspecified atom stereocenters. The van der Waals surface area contributed by atoms with Gasteiger partial charge in [-0.25, -0.2) is 0 Å². The zero-order valence-corrected chi connectivity index (χ0v) is 10.5. The van der Waals surface area contributed by atoms with Gasteiger partial charge in [-0.15, -0.1) is 0 Å². The summed E-state index contributed by atoms with van der Waals surface area (Å²) in [6.07, 6.45) is 0. The van der Waals surface area contributed by atoms with Gasteiger partial charge in [0.25, 0.3) is 0 Å². The number of nitrogens with zero attached hydrogens (tertiary/aromatic N) is 1. The minimum atomic E-state index is -0.0886. The van der Waals surface area contributed by atoms with Crippen molar-refractivity contribution < 1.29 is 19.7 Å². The van der Waals surface area contributed by atoms with Crippen LogP contribution in [-0.2, 0) is 0 Å². The van der Waals surface area contributed by atoms with Crippen molar-refractivity contribution in [3.05, 3.63) is 29.8 Å². The van der Waals surface area contributed by atoms with E-state index in [4.69, 9.17) is 14.9 Å². The first-order valence-electron chi connectivity index (χ1n) is 5.83.